The normalized spacial score (nSPS) is 9.83. The maximum Gasteiger partial charge on any atom is 0.339 e. The number of hydrogen-bond acceptors (Lipinski definition) is 6. The van der Waals surface area contributed by atoms with E-state index in [1.165, 1.54) is 6.20 Å². The second-order valence-corrected chi connectivity index (χ2v) is 3.44. The number of aromatic nitrogens is 1. The summed E-state index contributed by atoms with van der Waals surface area (Å²) < 4.78 is 4.92. The highest BCUT2D eigenvalue weighted by Crippen LogP contribution is 2.05. The molecular formula is C12H17N3O3. The van der Waals surface area contributed by atoms with Crippen molar-refractivity contribution in [1.82, 2.24) is 10.4 Å². The third-order valence-electron chi connectivity index (χ3n) is 2.00. The topological polar surface area (TPSA) is 83.5 Å². The second-order valence-electron chi connectivity index (χ2n) is 3.44. The standard InChI is InChI=1S/C12H17N3O3/c1-2-6-14-15-11-5-4-10(9-13-11)12(17)18-8-3-7-16/h2,4-5,9,14,16H,1,3,6-8H2,(H,13,15). The van der Waals surface area contributed by atoms with Crippen molar-refractivity contribution >= 4 is 11.8 Å². The van der Waals surface area contributed by atoms with Crippen LogP contribution in [0.15, 0.2) is 31.0 Å². The molecular weight excluding hydrogens is 234 g/mol. The van der Waals surface area contributed by atoms with Crippen molar-refractivity contribution < 1.29 is 14.6 Å². The molecule has 0 unspecified atom stereocenters. The van der Waals surface area contributed by atoms with Crippen LogP contribution in [0.4, 0.5) is 5.82 Å². The van der Waals surface area contributed by atoms with Crippen LogP contribution in [0.25, 0.3) is 0 Å². The Bertz CT molecular complexity index is 379. The average molecular weight is 251 g/mol. The Balaban J connectivity index is 2.43. The van der Waals surface area contributed by atoms with Crippen LogP contribution in [0.3, 0.4) is 0 Å². The molecule has 0 amide bonds. The number of aliphatic hydroxyl groups excluding tert-OH is 1. The Hall–Kier alpha value is -1.92. The van der Waals surface area contributed by atoms with Crippen molar-refractivity contribution in [3.05, 3.63) is 36.5 Å². The molecule has 6 heteroatoms. The third-order valence-corrected chi connectivity index (χ3v) is 2.00. The van der Waals surface area contributed by atoms with Crippen LogP contribution < -0.4 is 10.9 Å². The molecule has 98 valence electrons. The van der Waals surface area contributed by atoms with Gasteiger partial charge in [-0.2, -0.15) is 0 Å². The van der Waals surface area contributed by atoms with Gasteiger partial charge in [-0.05, 0) is 12.1 Å². The molecule has 0 saturated carbocycles. The van der Waals surface area contributed by atoms with Gasteiger partial charge in [-0.25, -0.2) is 15.2 Å². The molecule has 18 heavy (non-hydrogen) atoms. The summed E-state index contributed by atoms with van der Waals surface area (Å²) in [4.78, 5) is 15.5. The van der Waals surface area contributed by atoms with Gasteiger partial charge in [-0.15, -0.1) is 6.58 Å². The largest absolute Gasteiger partial charge is 0.462 e. The number of nitrogens with zero attached hydrogens (tertiary/aromatic N) is 1. The summed E-state index contributed by atoms with van der Waals surface area (Å²) in [6.45, 7) is 4.37. The molecule has 0 atom stereocenters. The molecule has 0 fully saturated rings. The average Bonchev–Trinajstić information content (AvgIpc) is 2.40. The highest BCUT2D eigenvalue weighted by molar-refractivity contribution is 5.89. The molecule has 0 aliphatic heterocycles. The molecule has 3 N–H and O–H groups in total. The van der Waals surface area contributed by atoms with Crippen LogP contribution >= 0.6 is 0 Å². The smallest absolute Gasteiger partial charge is 0.339 e. The van der Waals surface area contributed by atoms with Gasteiger partial charge < -0.3 is 15.3 Å². The summed E-state index contributed by atoms with van der Waals surface area (Å²) in [6, 6.07) is 3.28. The zero-order chi connectivity index (χ0) is 13.2. The minimum atomic E-state index is -0.443. The van der Waals surface area contributed by atoms with Gasteiger partial charge in [-0.1, -0.05) is 6.08 Å². The second kappa shape index (κ2) is 8.21. The van der Waals surface area contributed by atoms with E-state index in [0.29, 0.717) is 24.3 Å². The summed E-state index contributed by atoms with van der Waals surface area (Å²) in [5.41, 5.74) is 6.09. The van der Waals surface area contributed by atoms with Crippen molar-refractivity contribution in [1.29, 1.82) is 0 Å². The number of hydrogen-bond donors (Lipinski definition) is 3. The van der Waals surface area contributed by atoms with Gasteiger partial charge in [0.1, 0.15) is 5.82 Å². The Kier molecular flexibility index (Phi) is 6.45. The molecule has 0 spiro atoms. The lowest BCUT2D eigenvalue weighted by Gasteiger charge is -2.06. The van der Waals surface area contributed by atoms with E-state index in [1.54, 1.807) is 18.2 Å². The Labute approximate surface area is 106 Å². The van der Waals surface area contributed by atoms with Crippen LogP contribution in [-0.2, 0) is 4.74 Å². The summed E-state index contributed by atoms with van der Waals surface area (Å²) >= 11 is 0. The summed E-state index contributed by atoms with van der Waals surface area (Å²) in [7, 11) is 0. The molecule has 0 aliphatic rings. The molecule has 1 rings (SSSR count). The molecule has 1 heterocycles. The molecule has 0 aliphatic carbocycles. The molecule has 6 nitrogen and oxygen atoms in total. The van der Waals surface area contributed by atoms with Crippen LogP contribution in [-0.4, -0.2) is 35.8 Å². The van der Waals surface area contributed by atoms with Crippen molar-refractivity contribution in [2.75, 3.05) is 25.2 Å². The van der Waals surface area contributed by atoms with Gasteiger partial charge in [-0.3, -0.25) is 0 Å². The predicted octanol–water partition coefficient (Wildman–Crippen LogP) is 0.723. The van der Waals surface area contributed by atoms with E-state index < -0.39 is 5.97 Å². The first-order valence-corrected chi connectivity index (χ1v) is 5.61. The van der Waals surface area contributed by atoms with Crippen LogP contribution in [0.5, 0.6) is 0 Å². The van der Waals surface area contributed by atoms with Gasteiger partial charge in [0.15, 0.2) is 0 Å². The number of carbonyl (C=O) groups excluding carboxylic acids is 1. The predicted molar refractivity (Wildman–Crippen MR) is 68.0 cm³/mol. The summed E-state index contributed by atoms with van der Waals surface area (Å²) in [6.07, 6.45) is 3.57. The van der Waals surface area contributed by atoms with Crippen molar-refractivity contribution in [3.8, 4) is 0 Å². The zero-order valence-electron chi connectivity index (χ0n) is 10.1. The van der Waals surface area contributed by atoms with E-state index in [-0.39, 0.29) is 13.2 Å². The van der Waals surface area contributed by atoms with E-state index in [1.807, 2.05) is 0 Å². The van der Waals surface area contributed by atoms with Gasteiger partial charge in [0.2, 0.25) is 0 Å². The summed E-state index contributed by atoms with van der Waals surface area (Å²) in [5.74, 6) is 0.158. The molecule has 0 radical (unpaired) electrons. The van der Waals surface area contributed by atoms with Gasteiger partial charge in [0.25, 0.3) is 0 Å². The lowest BCUT2D eigenvalue weighted by molar-refractivity contribution is 0.0481. The van der Waals surface area contributed by atoms with Crippen LogP contribution in [0, 0.1) is 0 Å². The number of nitrogens with one attached hydrogen (secondary N) is 2. The molecule has 0 aromatic carbocycles. The van der Waals surface area contributed by atoms with E-state index >= 15 is 0 Å². The zero-order valence-corrected chi connectivity index (χ0v) is 10.1. The van der Waals surface area contributed by atoms with Gasteiger partial charge >= 0.3 is 5.97 Å². The molecule has 1 aromatic heterocycles. The first kappa shape index (κ1) is 14.1. The molecule has 0 saturated heterocycles. The Morgan fingerprint density at radius 1 is 1.56 bits per heavy atom. The van der Waals surface area contributed by atoms with Crippen molar-refractivity contribution in [2.45, 2.75) is 6.42 Å². The van der Waals surface area contributed by atoms with E-state index in [2.05, 4.69) is 22.4 Å². The van der Waals surface area contributed by atoms with E-state index in [0.717, 1.165) is 0 Å². The van der Waals surface area contributed by atoms with Crippen molar-refractivity contribution in [3.63, 3.8) is 0 Å². The number of carbonyl (C=O) groups is 1. The highest BCUT2D eigenvalue weighted by atomic mass is 16.5. The highest BCUT2D eigenvalue weighted by Gasteiger charge is 2.07. The number of aliphatic hydroxyl groups is 1. The number of hydrazine groups is 1. The summed E-state index contributed by atoms with van der Waals surface area (Å²) in [5, 5.41) is 8.56. The monoisotopic (exact) mass is 251 g/mol. The first-order chi connectivity index (χ1) is 8.77. The number of anilines is 1. The van der Waals surface area contributed by atoms with E-state index in [4.69, 9.17) is 9.84 Å². The van der Waals surface area contributed by atoms with Crippen molar-refractivity contribution in [2.24, 2.45) is 0 Å². The fourth-order valence-electron chi connectivity index (χ4n) is 1.12. The molecule has 1 aromatic rings. The maximum atomic E-state index is 11.5. The first-order valence-electron chi connectivity index (χ1n) is 5.61. The third kappa shape index (κ3) is 4.94. The minimum absolute atomic E-state index is 0.00333. The fourth-order valence-corrected chi connectivity index (χ4v) is 1.12. The van der Waals surface area contributed by atoms with Gasteiger partial charge in [0, 0.05) is 25.8 Å². The number of ether oxygens (including phenoxy) is 1. The molecule has 0 bridgehead atoms. The SMILES string of the molecule is C=CCNNc1ccc(C(=O)OCCCO)cn1. The van der Waals surface area contributed by atoms with E-state index in [9.17, 15) is 4.79 Å². The lowest BCUT2D eigenvalue weighted by atomic mass is 10.3. The van der Waals surface area contributed by atoms with Crippen LogP contribution in [0.1, 0.15) is 16.8 Å². The fraction of sp³-hybridized carbons (Fsp3) is 0.333. The maximum absolute atomic E-state index is 11.5. The lowest BCUT2D eigenvalue weighted by Crippen LogP contribution is -2.22. The minimum Gasteiger partial charge on any atom is -0.462 e. The number of rotatable bonds is 8. The number of pyridine rings is 1. The number of esters is 1. The Morgan fingerprint density at radius 3 is 3.00 bits per heavy atom. The van der Waals surface area contributed by atoms with Gasteiger partial charge in [0.05, 0.1) is 12.2 Å². The quantitative estimate of drug-likeness (QED) is 0.273. The Morgan fingerprint density at radius 2 is 2.39 bits per heavy atom. The van der Waals surface area contributed by atoms with Crippen LogP contribution in [0.2, 0.25) is 0 Å².